The summed E-state index contributed by atoms with van der Waals surface area (Å²) in [6, 6.07) is 1.69. The first-order valence-electron chi connectivity index (χ1n) is 6.10. The van der Waals surface area contributed by atoms with Crippen LogP contribution in [0.25, 0.3) is 0 Å². The highest BCUT2D eigenvalue weighted by molar-refractivity contribution is 5.72. The molecule has 0 bridgehead atoms. The minimum absolute atomic E-state index is 0.109. The summed E-state index contributed by atoms with van der Waals surface area (Å²) in [6.45, 7) is 2.30. The van der Waals surface area contributed by atoms with Gasteiger partial charge in [-0.05, 0) is 19.8 Å². The lowest BCUT2D eigenvalue weighted by Gasteiger charge is -2.13. The Morgan fingerprint density at radius 2 is 2.37 bits per heavy atom. The number of nitrogens with one attached hydrogen (secondary N) is 1. The van der Waals surface area contributed by atoms with Crippen LogP contribution in [-0.2, 0) is 9.53 Å². The average molecular weight is 267 g/mol. The van der Waals surface area contributed by atoms with Gasteiger partial charge in [-0.25, -0.2) is 9.78 Å². The monoisotopic (exact) mass is 267 g/mol. The highest BCUT2D eigenvalue weighted by Gasteiger charge is 2.30. The van der Waals surface area contributed by atoms with Gasteiger partial charge in [0.25, 0.3) is 0 Å². The van der Waals surface area contributed by atoms with Gasteiger partial charge in [-0.2, -0.15) is 4.98 Å². The number of nitrogens with zero attached hydrogens (tertiary/aromatic N) is 2. The molecule has 0 amide bonds. The van der Waals surface area contributed by atoms with Crippen LogP contribution in [-0.4, -0.2) is 46.9 Å². The van der Waals surface area contributed by atoms with E-state index < -0.39 is 12.1 Å². The molecular weight excluding hydrogens is 250 g/mol. The molecule has 7 heteroatoms. The van der Waals surface area contributed by atoms with E-state index in [9.17, 15) is 4.79 Å². The second kappa shape index (κ2) is 5.83. The van der Waals surface area contributed by atoms with Crippen molar-refractivity contribution in [3.8, 4) is 5.88 Å². The zero-order chi connectivity index (χ0) is 13.8. The number of hydrogen-bond donors (Lipinski definition) is 2. The van der Waals surface area contributed by atoms with Crippen molar-refractivity contribution >= 4 is 11.8 Å². The zero-order valence-corrected chi connectivity index (χ0v) is 10.9. The smallest absolute Gasteiger partial charge is 0.332 e. The molecule has 0 radical (unpaired) electrons. The van der Waals surface area contributed by atoms with Crippen LogP contribution in [0.15, 0.2) is 6.07 Å². The minimum atomic E-state index is -0.901. The topological polar surface area (TPSA) is 93.6 Å². The van der Waals surface area contributed by atoms with E-state index in [-0.39, 0.29) is 6.10 Å². The Morgan fingerprint density at radius 3 is 3.00 bits per heavy atom. The average Bonchev–Trinajstić information content (AvgIpc) is 2.84. The summed E-state index contributed by atoms with van der Waals surface area (Å²) in [7, 11) is 1.54. The number of aromatic nitrogens is 2. The van der Waals surface area contributed by atoms with Crippen LogP contribution in [0.3, 0.4) is 0 Å². The number of rotatable bonds is 5. The maximum absolute atomic E-state index is 10.8. The molecule has 104 valence electrons. The molecule has 2 rings (SSSR count). The standard InChI is InChI=1S/C12H17N3O4/c1-7-14-10(5-11(15-7)18-2)13-6-8-3-4-9(19-8)12(16)17/h5,8-9H,3-4,6H2,1-2H3,(H,16,17)(H,13,14,15). The molecule has 2 unspecified atom stereocenters. The molecule has 1 aromatic heterocycles. The maximum atomic E-state index is 10.8. The van der Waals surface area contributed by atoms with Gasteiger partial charge in [-0.15, -0.1) is 0 Å². The first-order valence-corrected chi connectivity index (χ1v) is 6.10. The van der Waals surface area contributed by atoms with Crippen molar-refractivity contribution in [2.75, 3.05) is 19.0 Å². The lowest BCUT2D eigenvalue weighted by Crippen LogP contribution is -2.24. The summed E-state index contributed by atoms with van der Waals surface area (Å²) in [4.78, 5) is 19.1. The summed E-state index contributed by atoms with van der Waals surface area (Å²) in [5, 5.41) is 12.0. The van der Waals surface area contributed by atoms with Crippen molar-refractivity contribution < 1.29 is 19.4 Å². The van der Waals surface area contributed by atoms with Crippen LogP contribution in [0, 0.1) is 6.92 Å². The van der Waals surface area contributed by atoms with Crippen LogP contribution in [0.4, 0.5) is 5.82 Å². The zero-order valence-electron chi connectivity index (χ0n) is 10.9. The number of ether oxygens (including phenoxy) is 2. The van der Waals surface area contributed by atoms with Gasteiger partial charge in [0.1, 0.15) is 11.6 Å². The summed E-state index contributed by atoms with van der Waals surface area (Å²) in [6.07, 6.45) is 0.481. The van der Waals surface area contributed by atoms with E-state index in [0.717, 1.165) is 6.42 Å². The largest absolute Gasteiger partial charge is 0.481 e. The summed E-state index contributed by atoms with van der Waals surface area (Å²) in [5.74, 6) is 0.845. The fourth-order valence-electron chi connectivity index (χ4n) is 1.99. The second-order valence-corrected chi connectivity index (χ2v) is 4.39. The van der Waals surface area contributed by atoms with Gasteiger partial charge in [0.15, 0.2) is 6.10 Å². The molecule has 1 aliphatic rings. The molecule has 0 saturated carbocycles. The predicted octanol–water partition coefficient (Wildman–Crippen LogP) is 0.838. The van der Waals surface area contributed by atoms with Gasteiger partial charge in [0.2, 0.25) is 5.88 Å². The number of anilines is 1. The van der Waals surface area contributed by atoms with Crippen LogP contribution in [0.2, 0.25) is 0 Å². The molecule has 1 fully saturated rings. The fourth-order valence-corrected chi connectivity index (χ4v) is 1.99. The third-order valence-electron chi connectivity index (χ3n) is 2.92. The molecule has 7 nitrogen and oxygen atoms in total. The molecular formula is C12H17N3O4. The van der Waals surface area contributed by atoms with E-state index in [1.165, 1.54) is 0 Å². The van der Waals surface area contributed by atoms with Crippen LogP contribution in [0.5, 0.6) is 5.88 Å². The Morgan fingerprint density at radius 1 is 1.58 bits per heavy atom. The molecule has 2 heterocycles. The van der Waals surface area contributed by atoms with Crippen LogP contribution in [0.1, 0.15) is 18.7 Å². The molecule has 0 spiro atoms. The van der Waals surface area contributed by atoms with Crippen molar-refractivity contribution in [1.29, 1.82) is 0 Å². The van der Waals surface area contributed by atoms with E-state index in [1.807, 2.05) is 0 Å². The fraction of sp³-hybridized carbons (Fsp3) is 0.583. The Balaban J connectivity index is 1.89. The summed E-state index contributed by atoms with van der Waals surface area (Å²) >= 11 is 0. The van der Waals surface area contributed by atoms with E-state index in [2.05, 4.69) is 15.3 Å². The van der Waals surface area contributed by atoms with Gasteiger partial charge in [0.05, 0.1) is 13.2 Å². The summed E-state index contributed by atoms with van der Waals surface area (Å²) in [5.41, 5.74) is 0. The highest BCUT2D eigenvalue weighted by atomic mass is 16.5. The second-order valence-electron chi connectivity index (χ2n) is 4.39. The summed E-state index contributed by atoms with van der Waals surface area (Å²) < 4.78 is 10.5. The van der Waals surface area contributed by atoms with Crippen molar-refractivity contribution in [3.63, 3.8) is 0 Å². The number of aliphatic carboxylic acids is 1. The minimum Gasteiger partial charge on any atom is -0.481 e. The SMILES string of the molecule is COc1cc(NCC2CCC(C(=O)O)O2)nc(C)n1. The Hall–Kier alpha value is -1.89. The third-order valence-corrected chi connectivity index (χ3v) is 2.92. The molecule has 1 aromatic rings. The molecule has 19 heavy (non-hydrogen) atoms. The van der Waals surface area contributed by atoms with E-state index in [4.69, 9.17) is 14.6 Å². The van der Waals surface area contributed by atoms with Crippen molar-refractivity contribution in [1.82, 2.24) is 9.97 Å². The molecule has 1 aliphatic heterocycles. The Bertz CT molecular complexity index is 466. The first-order chi connectivity index (χ1) is 9.08. The molecule has 0 aromatic carbocycles. The van der Waals surface area contributed by atoms with Crippen molar-refractivity contribution in [3.05, 3.63) is 11.9 Å². The lowest BCUT2D eigenvalue weighted by molar-refractivity contribution is -0.149. The Labute approximate surface area is 111 Å². The van der Waals surface area contributed by atoms with Crippen molar-refractivity contribution in [2.24, 2.45) is 0 Å². The quantitative estimate of drug-likeness (QED) is 0.816. The number of carboxylic acids is 1. The highest BCUT2D eigenvalue weighted by Crippen LogP contribution is 2.20. The van der Waals surface area contributed by atoms with Crippen LogP contribution >= 0.6 is 0 Å². The lowest BCUT2D eigenvalue weighted by atomic mass is 10.2. The predicted molar refractivity (Wildman–Crippen MR) is 67.3 cm³/mol. The van der Waals surface area contributed by atoms with Gasteiger partial charge >= 0.3 is 5.97 Å². The Kier molecular flexibility index (Phi) is 4.16. The van der Waals surface area contributed by atoms with E-state index in [1.54, 1.807) is 20.1 Å². The van der Waals surface area contributed by atoms with Gasteiger partial charge in [0, 0.05) is 12.6 Å². The normalized spacial score (nSPS) is 22.2. The number of aryl methyl sites for hydroxylation is 1. The maximum Gasteiger partial charge on any atom is 0.332 e. The third kappa shape index (κ3) is 3.54. The van der Waals surface area contributed by atoms with E-state index in [0.29, 0.717) is 30.5 Å². The number of methoxy groups -OCH3 is 1. The van der Waals surface area contributed by atoms with Gasteiger partial charge in [-0.3, -0.25) is 0 Å². The molecule has 2 atom stereocenters. The van der Waals surface area contributed by atoms with Gasteiger partial charge in [-0.1, -0.05) is 0 Å². The molecule has 1 saturated heterocycles. The number of hydrogen-bond acceptors (Lipinski definition) is 6. The van der Waals surface area contributed by atoms with Crippen molar-refractivity contribution in [2.45, 2.75) is 32.0 Å². The van der Waals surface area contributed by atoms with Gasteiger partial charge < -0.3 is 19.9 Å². The van der Waals surface area contributed by atoms with E-state index >= 15 is 0 Å². The number of carboxylic acid groups (broad SMARTS) is 1. The number of carbonyl (C=O) groups is 1. The molecule has 2 N–H and O–H groups in total. The molecule has 0 aliphatic carbocycles. The van der Waals surface area contributed by atoms with Crippen LogP contribution < -0.4 is 10.1 Å². The first kappa shape index (κ1) is 13.5.